The van der Waals surface area contributed by atoms with Crippen LogP contribution in [-0.4, -0.2) is 19.1 Å². The standard InChI is InChI=1S/C32H49N6.C2H6/c1-30(2,3)24(33-9)20-22-18-19-23-21-25(31(4,5)6)35-38(23)29-17-13-15-27(37(29)11)32(7,8)26-14-12-16-28(34-22)36(26)10;1-2/h12-17,20-21,24-25,33,35H,18-19H2,1-11H3;1-2H3/q+1;/p+1/b22-20-,34-28?;. The van der Waals surface area contributed by atoms with Crippen LogP contribution < -0.4 is 30.2 Å². The van der Waals surface area contributed by atoms with Gasteiger partial charge in [0.25, 0.3) is 11.6 Å². The second-order valence-electron chi connectivity index (χ2n) is 13.7. The van der Waals surface area contributed by atoms with Crippen molar-refractivity contribution in [1.29, 1.82) is 0 Å². The molecule has 2 aliphatic heterocycles. The summed E-state index contributed by atoms with van der Waals surface area (Å²) in [6.07, 6.45) is 6.67. The first-order chi connectivity index (χ1) is 18.6. The molecule has 0 aromatic carbocycles. The van der Waals surface area contributed by atoms with Gasteiger partial charge in [-0.05, 0) is 56.0 Å². The Kier molecular flexibility index (Phi) is 9.58. The number of nitrogens with zero attached hydrogens (tertiary/aromatic N) is 3. The molecule has 2 atom stereocenters. The third-order valence-electron chi connectivity index (χ3n) is 8.34. The Morgan fingerprint density at radius 2 is 1.55 bits per heavy atom. The summed E-state index contributed by atoms with van der Waals surface area (Å²) in [6, 6.07) is 13.8. The molecule has 0 aliphatic carbocycles. The molecule has 2 aliphatic rings. The van der Waals surface area contributed by atoms with Gasteiger partial charge in [-0.3, -0.25) is 0 Å². The molecule has 4 bridgehead atoms. The molecule has 6 nitrogen and oxygen atoms in total. The molecule has 4 heterocycles. The van der Waals surface area contributed by atoms with Crippen molar-refractivity contribution >= 4 is 11.6 Å². The molecule has 0 radical (unpaired) electrons. The molecule has 4 rings (SSSR count). The van der Waals surface area contributed by atoms with Gasteiger partial charge in [-0.15, -0.1) is 5.43 Å². The zero-order valence-corrected chi connectivity index (χ0v) is 27.5. The van der Waals surface area contributed by atoms with Crippen molar-refractivity contribution < 1.29 is 9.13 Å². The molecule has 2 aromatic rings. The Balaban J connectivity index is 0.00000216. The molecule has 0 fully saturated rings. The van der Waals surface area contributed by atoms with Crippen molar-refractivity contribution in [3.8, 4) is 0 Å². The minimum absolute atomic E-state index is 0.0983. The predicted molar refractivity (Wildman–Crippen MR) is 169 cm³/mol. The first kappa shape index (κ1) is 31.8. The number of anilines is 2. The summed E-state index contributed by atoms with van der Waals surface area (Å²) in [6.45, 7) is 22.4. The summed E-state index contributed by atoms with van der Waals surface area (Å²) in [5.41, 5.74) is 8.90. The lowest BCUT2D eigenvalue weighted by atomic mass is 9.84. The molecule has 40 heavy (non-hydrogen) atoms. The second kappa shape index (κ2) is 12.0. The quantitative estimate of drug-likeness (QED) is 0.401. The van der Waals surface area contributed by atoms with Crippen LogP contribution in [0.2, 0.25) is 0 Å². The Labute approximate surface area is 244 Å². The Morgan fingerprint density at radius 1 is 0.950 bits per heavy atom. The molecule has 0 saturated carbocycles. The highest BCUT2D eigenvalue weighted by Gasteiger charge is 2.41. The zero-order valence-electron chi connectivity index (χ0n) is 27.5. The topological polar surface area (TPSA) is 47.1 Å². The Bertz CT molecular complexity index is 1240. The molecule has 2 aromatic heterocycles. The number of hydrazine groups is 1. The van der Waals surface area contributed by atoms with E-state index in [1.165, 1.54) is 22.8 Å². The number of nitrogens with one attached hydrogen (secondary N) is 3. The van der Waals surface area contributed by atoms with E-state index in [0.29, 0.717) is 0 Å². The summed E-state index contributed by atoms with van der Waals surface area (Å²) < 4.78 is 4.68. The monoisotopic (exact) mass is 548 g/mol. The van der Waals surface area contributed by atoms with Gasteiger partial charge in [-0.2, -0.15) is 5.01 Å². The average molecular weight is 549 g/mol. The van der Waals surface area contributed by atoms with Crippen molar-refractivity contribution in [2.75, 3.05) is 17.4 Å². The highest BCUT2D eigenvalue weighted by atomic mass is 15.6. The van der Waals surface area contributed by atoms with Crippen molar-refractivity contribution in [1.82, 2.24) is 10.7 Å². The number of rotatable bonds is 2. The number of allylic oxidation sites excluding steroid dienone is 2. The second-order valence-corrected chi connectivity index (χ2v) is 13.7. The van der Waals surface area contributed by atoms with Gasteiger partial charge in [-0.1, -0.05) is 67.5 Å². The highest BCUT2D eigenvalue weighted by molar-refractivity contribution is 5.47. The Hall–Kier alpha value is -2.70. The highest BCUT2D eigenvalue weighted by Crippen LogP contribution is 2.34. The zero-order chi connectivity index (χ0) is 30.0. The van der Waals surface area contributed by atoms with Crippen LogP contribution in [0.1, 0.15) is 93.5 Å². The third-order valence-corrected chi connectivity index (χ3v) is 8.34. The molecule has 6 heteroatoms. The van der Waals surface area contributed by atoms with E-state index in [4.69, 9.17) is 0 Å². The lowest BCUT2D eigenvalue weighted by Gasteiger charge is -2.28. The SMILES string of the molecule is CC.CNC(/C=C1/CCC2=CC(C(C)(C)C)NN2c2cccc([n+]2C)C(C)(C)c2cccc([n+]2C)N1)C(C)(C)C. The fraction of sp³-hybridized carbons (Fsp3) is 0.588. The minimum Gasteiger partial charge on any atom is -0.313 e. The van der Waals surface area contributed by atoms with Crippen molar-refractivity contribution in [2.24, 2.45) is 24.9 Å². The summed E-state index contributed by atoms with van der Waals surface area (Å²) in [7, 11) is 6.43. The molecular weight excluding hydrogens is 492 g/mol. The smallest absolute Gasteiger partial charge is 0.300 e. The van der Waals surface area contributed by atoms with Gasteiger partial charge in [0.05, 0.1) is 31.2 Å². The van der Waals surface area contributed by atoms with Gasteiger partial charge >= 0.3 is 0 Å². The number of hydrogen-bond acceptors (Lipinski definition) is 4. The van der Waals surface area contributed by atoms with Gasteiger partial charge in [0.1, 0.15) is 17.1 Å². The predicted octanol–water partition coefficient (Wildman–Crippen LogP) is 6.03. The van der Waals surface area contributed by atoms with Crippen molar-refractivity contribution in [3.05, 3.63) is 71.3 Å². The normalized spacial score (nSPS) is 20.6. The molecular formula is C34H56N6+2. The van der Waals surface area contributed by atoms with Gasteiger partial charge in [-0.25, -0.2) is 14.5 Å². The lowest BCUT2D eigenvalue weighted by Crippen LogP contribution is -2.53. The van der Waals surface area contributed by atoms with E-state index < -0.39 is 0 Å². The number of hydrogen-bond donors (Lipinski definition) is 3. The first-order valence-corrected chi connectivity index (χ1v) is 15.1. The fourth-order valence-electron chi connectivity index (χ4n) is 5.85. The molecule has 3 N–H and O–H groups in total. The van der Waals surface area contributed by atoms with E-state index in [1.54, 1.807) is 0 Å². The summed E-state index contributed by atoms with van der Waals surface area (Å²) in [5.74, 6) is 2.26. The van der Waals surface area contributed by atoms with E-state index >= 15 is 0 Å². The Morgan fingerprint density at radius 3 is 2.12 bits per heavy atom. The summed E-state index contributed by atoms with van der Waals surface area (Å²) in [4.78, 5) is 0. The van der Waals surface area contributed by atoms with E-state index in [-0.39, 0.29) is 28.3 Å². The van der Waals surface area contributed by atoms with Gasteiger partial charge in [0.2, 0.25) is 0 Å². The third kappa shape index (κ3) is 6.44. The molecule has 220 valence electrons. The van der Waals surface area contributed by atoms with E-state index in [2.05, 4.69) is 155 Å². The first-order valence-electron chi connectivity index (χ1n) is 15.1. The van der Waals surface area contributed by atoms with Crippen molar-refractivity contribution in [3.63, 3.8) is 0 Å². The average Bonchev–Trinajstić information content (AvgIpc) is 3.31. The summed E-state index contributed by atoms with van der Waals surface area (Å²) in [5, 5.41) is 9.73. The summed E-state index contributed by atoms with van der Waals surface area (Å²) >= 11 is 0. The van der Waals surface area contributed by atoms with Gasteiger partial charge in [0.15, 0.2) is 0 Å². The van der Waals surface area contributed by atoms with E-state index in [0.717, 1.165) is 24.5 Å². The van der Waals surface area contributed by atoms with Crippen LogP contribution in [0.4, 0.5) is 11.6 Å². The maximum Gasteiger partial charge on any atom is 0.300 e. The van der Waals surface area contributed by atoms with Crippen LogP contribution in [-0.2, 0) is 19.5 Å². The van der Waals surface area contributed by atoms with Crippen LogP contribution in [0.5, 0.6) is 0 Å². The number of fused-ring (bicyclic) bond motifs is 6. The number of likely N-dealkylation sites (N-methyl/N-ethyl adjacent to an activating group) is 1. The number of aromatic nitrogens is 2. The number of pyridine rings is 2. The van der Waals surface area contributed by atoms with Crippen LogP contribution in [0, 0.1) is 10.8 Å². The van der Waals surface area contributed by atoms with Crippen molar-refractivity contribution in [2.45, 2.75) is 99.6 Å². The van der Waals surface area contributed by atoms with Gasteiger partial charge < -0.3 is 5.32 Å². The van der Waals surface area contributed by atoms with Crippen LogP contribution in [0.3, 0.4) is 0 Å². The minimum atomic E-state index is -0.221. The largest absolute Gasteiger partial charge is 0.313 e. The maximum atomic E-state index is 3.85. The molecule has 0 amide bonds. The lowest BCUT2D eigenvalue weighted by molar-refractivity contribution is -0.684. The molecule has 0 spiro atoms. The van der Waals surface area contributed by atoms with Crippen LogP contribution >= 0.6 is 0 Å². The van der Waals surface area contributed by atoms with Crippen LogP contribution in [0.15, 0.2) is 59.9 Å². The van der Waals surface area contributed by atoms with Gasteiger partial charge in [0, 0.05) is 31.0 Å². The molecule has 0 saturated heterocycles. The molecule has 2 unspecified atom stereocenters. The van der Waals surface area contributed by atoms with Crippen LogP contribution in [0.25, 0.3) is 0 Å². The fourth-order valence-corrected chi connectivity index (χ4v) is 5.85. The van der Waals surface area contributed by atoms with E-state index in [9.17, 15) is 0 Å². The maximum absolute atomic E-state index is 3.85. The van der Waals surface area contributed by atoms with E-state index in [1.807, 2.05) is 13.8 Å².